The summed E-state index contributed by atoms with van der Waals surface area (Å²) < 4.78 is 0. The second kappa shape index (κ2) is 9.28. The van der Waals surface area contributed by atoms with Gasteiger partial charge in [0.05, 0.1) is 11.7 Å². The highest BCUT2D eigenvalue weighted by Gasteiger charge is 2.20. The molecule has 1 saturated heterocycles. The van der Waals surface area contributed by atoms with E-state index < -0.39 is 0 Å². The molecule has 1 aromatic heterocycles. The van der Waals surface area contributed by atoms with Crippen molar-refractivity contribution in [2.45, 2.75) is 25.3 Å². The molecule has 1 aliphatic heterocycles. The molecular weight excluding hydrogens is 378 g/mol. The number of carbonyl (C=O) groups excluding carboxylic acids is 2. The Hall–Kier alpha value is -3.58. The fourth-order valence-corrected chi connectivity index (χ4v) is 3.44. The first-order valence-corrected chi connectivity index (χ1v) is 10.0. The van der Waals surface area contributed by atoms with Crippen molar-refractivity contribution in [3.8, 4) is 11.3 Å². The highest BCUT2D eigenvalue weighted by molar-refractivity contribution is 5.95. The SMILES string of the molecule is O=Cc1cccc(-c2cc(Nc3ccc(NC(=O)[C@@H]4CCCCN4)cc3)ncn2)c1. The second-order valence-electron chi connectivity index (χ2n) is 7.23. The van der Waals surface area contributed by atoms with Gasteiger partial charge in [-0.1, -0.05) is 24.6 Å². The number of hydrogen-bond donors (Lipinski definition) is 3. The number of anilines is 3. The molecule has 0 radical (unpaired) electrons. The van der Waals surface area contributed by atoms with Gasteiger partial charge in [0.1, 0.15) is 18.4 Å². The molecule has 3 N–H and O–H groups in total. The van der Waals surface area contributed by atoms with Crippen LogP contribution < -0.4 is 16.0 Å². The van der Waals surface area contributed by atoms with E-state index in [0.29, 0.717) is 11.4 Å². The second-order valence-corrected chi connectivity index (χ2v) is 7.23. The molecule has 30 heavy (non-hydrogen) atoms. The number of amides is 1. The van der Waals surface area contributed by atoms with Crippen LogP contribution in [0.5, 0.6) is 0 Å². The van der Waals surface area contributed by atoms with Crippen LogP contribution >= 0.6 is 0 Å². The summed E-state index contributed by atoms with van der Waals surface area (Å²) in [6, 6.07) is 16.5. The molecular formula is C23H23N5O2. The maximum absolute atomic E-state index is 12.3. The highest BCUT2D eigenvalue weighted by Crippen LogP contribution is 2.23. The van der Waals surface area contributed by atoms with E-state index in [9.17, 15) is 9.59 Å². The Morgan fingerprint density at radius 1 is 1.03 bits per heavy atom. The first-order chi connectivity index (χ1) is 14.7. The molecule has 2 aromatic carbocycles. The quantitative estimate of drug-likeness (QED) is 0.544. The summed E-state index contributed by atoms with van der Waals surface area (Å²) in [6.07, 6.45) is 5.37. The van der Waals surface area contributed by atoms with Crippen LogP contribution in [-0.4, -0.2) is 34.7 Å². The van der Waals surface area contributed by atoms with Crippen molar-refractivity contribution in [1.29, 1.82) is 0 Å². The minimum Gasteiger partial charge on any atom is -0.340 e. The van der Waals surface area contributed by atoms with Crippen molar-refractivity contribution >= 4 is 29.4 Å². The Labute approximate surface area is 175 Å². The zero-order chi connectivity index (χ0) is 20.8. The van der Waals surface area contributed by atoms with E-state index in [0.717, 1.165) is 54.7 Å². The summed E-state index contributed by atoms with van der Waals surface area (Å²) in [5.74, 6) is 0.646. The Morgan fingerprint density at radius 2 is 1.87 bits per heavy atom. The van der Waals surface area contributed by atoms with Crippen LogP contribution in [-0.2, 0) is 4.79 Å². The number of carbonyl (C=O) groups is 2. The number of aldehydes is 1. The van der Waals surface area contributed by atoms with Crippen LogP contribution in [0.3, 0.4) is 0 Å². The summed E-state index contributed by atoms with van der Waals surface area (Å²) in [6.45, 7) is 0.890. The van der Waals surface area contributed by atoms with E-state index in [1.54, 1.807) is 12.1 Å². The van der Waals surface area contributed by atoms with Gasteiger partial charge in [-0.2, -0.15) is 0 Å². The number of rotatable bonds is 6. The summed E-state index contributed by atoms with van der Waals surface area (Å²) >= 11 is 0. The minimum atomic E-state index is -0.117. The van der Waals surface area contributed by atoms with E-state index in [2.05, 4.69) is 25.9 Å². The van der Waals surface area contributed by atoms with Gasteiger partial charge in [-0.05, 0) is 49.7 Å². The summed E-state index contributed by atoms with van der Waals surface area (Å²) in [4.78, 5) is 31.9. The topological polar surface area (TPSA) is 96.0 Å². The number of hydrogen-bond acceptors (Lipinski definition) is 6. The summed E-state index contributed by atoms with van der Waals surface area (Å²) in [5, 5.41) is 9.45. The third-order valence-corrected chi connectivity index (χ3v) is 5.04. The average molecular weight is 401 g/mol. The maximum Gasteiger partial charge on any atom is 0.241 e. The predicted octanol–water partition coefficient (Wildman–Crippen LogP) is 3.78. The van der Waals surface area contributed by atoms with Crippen LogP contribution in [0.2, 0.25) is 0 Å². The molecule has 0 unspecified atom stereocenters. The molecule has 7 heteroatoms. The van der Waals surface area contributed by atoms with Crippen molar-refractivity contribution in [3.05, 3.63) is 66.5 Å². The average Bonchev–Trinajstić information content (AvgIpc) is 2.81. The molecule has 4 rings (SSSR count). The molecule has 2 heterocycles. The molecule has 1 aliphatic rings. The van der Waals surface area contributed by atoms with Crippen LogP contribution in [0.1, 0.15) is 29.6 Å². The molecule has 0 saturated carbocycles. The van der Waals surface area contributed by atoms with Crippen LogP contribution in [0, 0.1) is 0 Å². The van der Waals surface area contributed by atoms with Gasteiger partial charge in [0.2, 0.25) is 5.91 Å². The van der Waals surface area contributed by atoms with Gasteiger partial charge in [0, 0.05) is 28.6 Å². The molecule has 3 aromatic rings. The van der Waals surface area contributed by atoms with Gasteiger partial charge in [-0.25, -0.2) is 9.97 Å². The van der Waals surface area contributed by atoms with Gasteiger partial charge in [-0.3, -0.25) is 9.59 Å². The Morgan fingerprint density at radius 3 is 2.63 bits per heavy atom. The molecule has 0 aliphatic carbocycles. The van der Waals surface area contributed by atoms with Crippen LogP contribution in [0.15, 0.2) is 60.9 Å². The number of aromatic nitrogens is 2. The van der Waals surface area contributed by atoms with E-state index in [1.165, 1.54) is 6.33 Å². The number of piperidine rings is 1. The molecule has 1 amide bonds. The van der Waals surface area contributed by atoms with Crippen molar-refractivity contribution < 1.29 is 9.59 Å². The largest absolute Gasteiger partial charge is 0.340 e. The monoisotopic (exact) mass is 401 g/mol. The molecule has 1 atom stereocenters. The first-order valence-electron chi connectivity index (χ1n) is 10.0. The van der Waals surface area contributed by atoms with E-state index in [4.69, 9.17) is 0 Å². The van der Waals surface area contributed by atoms with Crippen molar-refractivity contribution in [3.63, 3.8) is 0 Å². The van der Waals surface area contributed by atoms with Crippen molar-refractivity contribution in [1.82, 2.24) is 15.3 Å². The Bertz CT molecular complexity index is 1030. The lowest BCUT2D eigenvalue weighted by Crippen LogP contribution is -2.43. The molecule has 0 spiro atoms. The van der Waals surface area contributed by atoms with Gasteiger partial charge >= 0.3 is 0 Å². The van der Waals surface area contributed by atoms with E-state index in [-0.39, 0.29) is 11.9 Å². The van der Waals surface area contributed by atoms with Gasteiger partial charge < -0.3 is 16.0 Å². The smallest absolute Gasteiger partial charge is 0.241 e. The maximum atomic E-state index is 12.3. The van der Waals surface area contributed by atoms with Crippen molar-refractivity contribution in [2.24, 2.45) is 0 Å². The van der Waals surface area contributed by atoms with E-state index >= 15 is 0 Å². The molecule has 7 nitrogen and oxygen atoms in total. The summed E-state index contributed by atoms with van der Waals surface area (Å²) in [5.41, 5.74) is 3.77. The van der Waals surface area contributed by atoms with Gasteiger partial charge in [0.25, 0.3) is 0 Å². The predicted molar refractivity (Wildman–Crippen MR) is 117 cm³/mol. The standard InChI is InChI=1S/C23H23N5O2/c29-14-16-4-3-5-17(12-16)21-13-22(26-15-25-21)27-18-7-9-19(10-8-18)28-23(30)20-6-1-2-11-24-20/h3-5,7-10,12-15,20,24H,1-2,6,11H2,(H,28,30)(H,25,26,27)/t20-/m0/s1. The Balaban J connectivity index is 1.42. The van der Waals surface area contributed by atoms with E-state index in [1.807, 2.05) is 42.5 Å². The normalized spacial score (nSPS) is 15.9. The lowest BCUT2D eigenvalue weighted by molar-refractivity contribution is -0.118. The highest BCUT2D eigenvalue weighted by atomic mass is 16.2. The lowest BCUT2D eigenvalue weighted by Gasteiger charge is -2.22. The van der Waals surface area contributed by atoms with Gasteiger partial charge in [0.15, 0.2) is 0 Å². The fourth-order valence-electron chi connectivity index (χ4n) is 3.44. The zero-order valence-electron chi connectivity index (χ0n) is 16.5. The minimum absolute atomic E-state index is 0.00778. The molecule has 0 bridgehead atoms. The van der Waals surface area contributed by atoms with Gasteiger partial charge in [-0.15, -0.1) is 0 Å². The lowest BCUT2D eigenvalue weighted by atomic mass is 10.0. The van der Waals surface area contributed by atoms with Crippen LogP contribution in [0.25, 0.3) is 11.3 Å². The van der Waals surface area contributed by atoms with Crippen molar-refractivity contribution in [2.75, 3.05) is 17.2 Å². The third kappa shape index (κ3) is 4.87. The first kappa shape index (κ1) is 19.7. The molecule has 152 valence electrons. The number of nitrogens with zero attached hydrogens (tertiary/aromatic N) is 2. The zero-order valence-corrected chi connectivity index (χ0v) is 16.5. The fraction of sp³-hybridized carbons (Fsp3) is 0.217. The summed E-state index contributed by atoms with van der Waals surface area (Å²) in [7, 11) is 0. The van der Waals surface area contributed by atoms with Crippen LogP contribution in [0.4, 0.5) is 17.2 Å². The number of benzene rings is 2. The molecule has 1 fully saturated rings. The Kier molecular flexibility index (Phi) is 6.10. The third-order valence-electron chi connectivity index (χ3n) is 5.04. The number of nitrogens with one attached hydrogen (secondary N) is 3.